The van der Waals surface area contributed by atoms with E-state index in [9.17, 15) is 0 Å². The van der Waals surface area contributed by atoms with Crippen LogP contribution in [-0.4, -0.2) is 18.8 Å². The normalized spacial score (nSPS) is 12.6. The summed E-state index contributed by atoms with van der Waals surface area (Å²) in [7, 11) is 1.68. The van der Waals surface area contributed by atoms with Gasteiger partial charge in [-0.25, -0.2) is 0 Å². The third-order valence-electron chi connectivity index (χ3n) is 2.72. The largest absolute Gasteiger partial charge is 0.496 e. The number of methoxy groups -OCH3 is 1. The Kier molecular flexibility index (Phi) is 3.53. The molecule has 0 bridgehead atoms. The monoisotopic (exact) mass is 194 g/mol. The van der Waals surface area contributed by atoms with E-state index in [4.69, 9.17) is 9.84 Å². The standard InChI is InChI=1S/C12H18O2/c1-8-5-6-11(9(2)7-13)12(14-4)10(8)3/h5-6,9,13H,7H2,1-4H3. The predicted octanol–water partition coefficient (Wildman–Crippen LogP) is 2.41. The van der Waals surface area contributed by atoms with Gasteiger partial charge in [-0.3, -0.25) is 0 Å². The molecule has 2 nitrogen and oxygen atoms in total. The summed E-state index contributed by atoms with van der Waals surface area (Å²) in [6.07, 6.45) is 0. The first-order valence-corrected chi connectivity index (χ1v) is 4.86. The molecule has 2 heteroatoms. The fraction of sp³-hybridized carbons (Fsp3) is 0.500. The summed E-state index contributed by atoms with van der Waals surface area (Å²) in [5.74, 6) is 1.04. The Balaban J connectivity index is 3.23. The van der Waals surface area contributed by atoms with Gasteiger partial charge >= 0.3 is 0 Å². The van der Waals surface area contributed by atoms with E-state index in [-0.39, 0.29) is 12.5 Å². The van der Waals surface area contributed by atoms with E-state index < -0.39 is 0 Å². The van der Waals surface area contributed by atoms with Gasteiger partial charge in [-0.15, -0.1) is 0 Å². The first kappa shape index (κ1) is 11.1. The molecule has 14 heavy (non-hydrogen) atoms. The Morgan fingerprint density at radius 2 is 2.00 bits per heavy atom. The van der Waals surface area contributed by atoms with Gasteiger partial charge in [0.1, 0.15) is 5.75 Å². The maximum Gasteiger partial charge on any atom is 0.125 e. The van der Waals surface area contributed by atoms with Crippen molar-refractivity contribution in [2.45, 2.75) is 26.7 Å². The summed E-state index contributed by atoms with van der Waals surface area (Å²) in [6, 6.07) is 4.10. The third-order valence-corrected chi connectivity index (χ3v) is 2.72. The number of hydrogen-bond acceptors (Lipinski definition) is 2. The number of aliphatic hydroxyl groups excluding tert-OH is 1. The molecule has 78 valence electrons. The average Bonchev–Trinajstić information content (AvgIpc) is 2.20. The highest BCUT2D eigenvalue weighted by Gasteiger charge is 2.13. The quantitative estimate of drug-likeness (QED) is 0.800. The van der Waals surface area contributed by atoms with Crippen LogP contribution in [0.15, 0.2) is 12.1 Å². The molecule has 0 saturated heterocycles. The summed E-state index contributed by atoms with van der Waals surface area (Å²) in [5, 5.41) is 9.11. The highest BCUT2D eigenvalue weighted by Crippen LogP contribution is 2.31. The van der Waals surface area contributed by atoms with Gasteiger partial charge in [0.05, 0.1) is 7.11 Å². The lowest BCUT2D eigenvalue weighted by Crippen LogP contribution is -2.03. The van der Waals surface area contributed by atoms with Crippen molar-refractivity contribution in [2.24, 2.45) is 0 Å². The van der Waals surface area contributed by atoms with Crippen molar-refractivity contribution in [1.29, 1.82) is 0 Å². The Morgan fingerprint density at radius 1 is 1.36 bits per heavy atom. The van der Waals surface area contributed by atoms with Gasteiger partial charge in [-0.2, -0.15) is 0 Å². The maximum atomic E-state index is 9.11. The van der Waals surface area contributed by atoms with Gasteiger partial charge in [0.25, 0.3) is 0 Å². The molecule has 1 N–H and O–H groups in total. The zero-order chi connectivity index (χ0) is 10.7. The molecule has 0 heterocycles. The van der Waals surface area contributed by atoms with E-state index in [1.165, 1.54) is 5.56 Å². The van der Waals surface area contributed by atoms with Crippen LogP contribution in [0.2, 0.25) is 0 Å². The molecule has 1 unspecified atom stereocenters. The number of aliphatic hydroxyl groups is 1. The number of aryl methyl sites for hydroxylation is 1. The van der Waals surface area contributed by atoms with Crippen LogP contribution in [-0.2, 0) is 0 Å². The van der Waals surface area contributed by atoms with Gasteiger partial charge in [0, 0.05) is 12.5 Å². The van der Waals surface area contributed by atoms with E-state index in [2.05, 4.69) is 13.0 Å². The minimum Gasteiger partial charge on any atom is -0.496 e. The lowest BCUT2D eigenvalue weighted by Gasteiger charge is -2.16. The van der Waals surface area contributed by atoms with Crippen LogP contribution in [0.5, 0.6) is 5.75 Å². The molecule has 1 atom stereocenters. The summed E-state index contributed by atoms with van der Waals surface area (Å²) in [4.78, 5) is 0. The number of ether oxygens (including phenoxy) is 1. The van der Waals surface area contributed by atoms with Crippen LogP contribution in [0, 0.1) is 13.8 Å². The molecule has 0 saturated carbocycles. The Hall–Kier alpha value is -1.02. The average molecular weight is 194 g/mol. The highest BCUT2D eigenvalue weighted by molar-refractivity contribution is 5.46. The van der Waals surface area contributed by atoms with Gasteiger partial charge in [-0.1, -0.05) is 19.1 Å². The number of hydrogen-bond donors (Lipinski definition) is 1. The molecule has 0 aliphatic rings. The third kappa shape index (κ3) is 1.90. The van der Waals surface area contributed by atoms with Crippen molar-refractivity contribution in [2.75, 3.05) is 13.7 Å². The molecule has 0 fully saturated rings. The predicted molar refractivity (Wildman–Crippen MR) is 58.0 cm³/mol. The van der Waals surface area contributed by atoms with Crippen LogP contribution in [0.25, 0.3) is 0 Å². The first-order chi connectivity index (χ1) is 6.61. The molecule has 0 radical (unpaired) electrons. The van der Waals surface area contributed by atoms with Gasteiger partial charge in [0.2, 0.25) is 0 Å². The molecule has 0 aliphatic heterocycles. The van der Waals surface area contributed by atoms with E-state index >= 15 is 0 Å². The maximum absolute atomic E-state index is 9.11. The lowest BCUT2D eigenvalue weighted by molar-refractivity contribution is 0.269. The summed E-state index contributed by atoms with van der Waals surface area (Å²) < 4.78 is 5.37. The smallest absolute Gasteiger partial charge is 0.125 e. The van der Waals surface area contributed by atoms with Crippen molar-refractivity contribution in [3.05, 3.63) is 28.8 Å². The molecule has 1 rings (SSSR count). The minimum atomic E-state index is 0.129. The fourth-order valence-electron chi connectivity index (χ4n) is 1.57. The second-order valence-electron chi connectivity index (χ2n) is 3.71. The van der Waals surface area contributed by atoms with Crippen LogP contribution in [0.4, 0.5) is 0 Å². The lowest BCUT2D eigenvalue weighted by atomic mass is 9.96. The fourth-order valence-corrected chi connectivity index (χ4v) is 1.57. The molecule has 0 amide bonds. The van der Waals surface area contributed by atoms with Crippen LogP contribution in [0.1, 0.15) is 29.5 Å². The highest BCUT2D eigenvalue weighted by atomic mass is 16.5. The van der Waals surface area contributed by atoms with Gasteiger partial charge in [0.15, 0.2) is 0 Å². The SMILES string of the molecule is COc1c(C(C)CO)ccc(C)c1C. The topological polar surface area (TPSA) is 29.5 Å². The van der Waals surface area contributed by atoms with Crippen molar-refractivity contribution in [3.8, 4) is 5.75 Å². The first-order valence-electron chi connectivity index (χ1n) is 4.86. The zero-order valence-electron chi connectivity index (χ0n) is 9.29. The van der Waals surface area contributed by atoms with E-state index in [0.29, 0.717) is 0 Å². The van der Waals surface area contributed by atoms with Crippen LogP contribution < -0.4 is 4.74 Å². The van der Waals surface area contributed by atoms with E-state index in [0.717, 1.165) is 16.9 Å². The van der Waals surface area contributed by atoms with Crippen molar-refractivity contribution in [1.82, 2.24) is 0 Å². The molecule has 0 aromatic heterocycles. The molecule has 1 aromatic carbocycles. The number of rotatable bonds is 3. The van der Waals surface area contributed by atoms with Crippen molar-refractivity contribution < 1.29 is 9.84 Å². The number of benzene rings is 1. The van der Waals surface area contributed by atoms with Crippen molar-refractivity contribution in [3.63, 3.8) is 0 Å². The Labute approximate surface area is 85.5 Å². The molecular weight excluding hydrogens is 176 g/mol. The second-order valence-corrected chi connectivity index (χ2v) is 3.71. The molecule has 1 aromatic rings. The van der Waals surface area contributed by atoms with Crippen molar-refractivity contribution >= 4 is 0 Å². The summed E-state index contributed by atoms with van der Waals surface area (Å²) >= 11 is 0. The Morgan fingerprint density at radius 3 is 2.50 bits per heavy atom. The Bertz CT molecular complexity index is 318. The summed E-state index contributed by atoms with van der Waals surface area (Å²) in [6.45, 7) is 6.25. The molecule has 0 aliphatic carbocycles. The van der Waals surface area contributed by atoms with Gasteiger partial charge < -0.3 is 9.84 Å². The minimum absolute atomic E-state index is 0.129. The summed E-state index contributed by atoms with van der Waals surface area (Å²) in [5.41, 5.74) is 3.46. The van der Waals surface area contributed by atoms with Crippen LogP contribution >= 0.6 is 0 Å². The molecular formula is C12H18O2. The van der Waals surface area contributed by atoms with E-state index in [1.54, 1.807) is 7.11 Å². The van der Waals surface area contributed by atoms with Gasteiger partial charge in [-0.05, 0) is 30.5 Å². The van der Waals surface area contributed by atoms with E-state index in [1.807, 2.05) is 19.9 Å². The zero-order valence-corrected chi connectivity index (χ0v) is 9.29. The molecule has 0 spiro atoms. The second kappa shape index (κ2) is 4.47. The van der Waals surface area contributed by atoms with Crippen LogP contribution in [0.3, 0.4) is 0 Å².